The second-order valence-corrected chi connectivity index (χ2v) is 8.58. The summed E-state index contributed by atoms with van der Waals surface area (Å²) in [5, 5.41) is 0.736. The molecule has 2 atom stereocenters. The van der Waals surface area contributed by atoms with Crippen LogP contribution in [0.3, 0.4) is 0 Å². The van der Waals surface area contributed by atoms with Gasteiger partial charge < -0.3 is 5.73 Å². The molecule has 0 bridgehead atoms. The Kier molecular flexibility index (Phi) is 6.10. The van der Waals surface area contributed by atoms with E-state index in [4.69, 9.17) is 10.7 Å². The van der Waals surface area contributed by atoms with Crippen LogP contribution in [0.4, 0.5) is 0 Å². The first-order valence-electron chi connectivity index (χ1n) is 10.9. The molecule has 152 valence electrons. The highest BCUT2D eigenvalue weighted by atomic mass is 16.1. The Morgan fingerprint density at radius 3 is 2.66 bits per heavy atom. The Hall–Kier alpha value is -2.46. The molecular weight excluding hydrogens is 358 g/mol. The third kappa shape index (κ3) is 4.59. The van der Waals surface area contributed by atoms with Gasteiger partial charge in [-0.1, -0.05) is 48.4 Å². The van der Waals surface area contributed by atoms with Crippen molar-refractivity contribution in [1.29, 1.82) is 0 Å². The highest BCUT2D eigenvalue weighted by Gasteiger charge is 2.23. The van der Waals surface area contributed by atoms with Crippen molar-refractivity contribution in [2.45, 2.75) is 52.0 Å². The van der Waals surface area contributed by atoms with Crippen molar-refractivity contribution in [3.05, 3.63) is 75.8 Å². The third-order valence-electron chi connectivity index (χ3n) is 6.33. The normalized spacial score (nSPS) is 19.5. The van der Waals surface area contributed by atoms with Crippen LogP contribution >= 0.6 is 0 Å². The minimum atomic E-state index is 0.108. The maximum absolute atomic E-state index is 13.4. The summed E-state index contributed by atoms with van der Waals surface area (Å²) in [5.41, 5.74) is 9.23. The van der Waals surface area contributed by atoms with Crippen molar-refractivity contribution >= 4 is 10.9 Å². The second-order valence-electron chi connectivity index (χ2n) is 8.58. The largest absolute Gasteiger partial charge is 0.330 e. The molecule has 1 fully saturated rings. The number of aryl methyl sites for hydroxylation is 3. The summed E-state index contributed by atoms with van der Waals surface area (Å²) >= 11 is 0. The first-order chi connectivity index (χ1) is 14.1. The van der Waals surface area contributed by atoms with Gasteiger partial charge in [0, 0.05) is 13.0 Å². The quantitative estimate of drug-likeness (QED) is 0.685. The summed E-state index contributed by atoms with van der Waals surface area (Å²) in [4.78, 5) is 18.4. The van der Waals surface area contributed by atoms with E-state index < -0.39 is 0 Å². The van der Waals surface area contributed by atoms with E-state index >= 15 is 0 Å². The van der Waals surface area contributed by atoms with Crippen LogP contribution in [0.25, 0.3) is 10.9 Å². The molecule has 1 saturated carbocycles. The number of nitrogens with zero attached hydrogens (tertiary/aromatic N) is 2. The maximum Gasteiger partial charge on any atom is 0.261 e. The van der Waals surface area contributed by atoms with E-state index in [-0.39, 0.29) is 5.56 Å². The molecule has 1 aromatic heterocycles. The summed E-state index contributed by atoms with van der Waals surface area (Å²) in [7, 11) is 0. The molecule has 1 aliphatic carbocycles. The minimum absolute atomic E-state index is 0.108. The lowest BCUT2D eigenvalue weighted by Crippen LogP contribution is -2.32. The van der Waals surface area contributed by atoms with E-state index in [0.717, 1.165) is 54.6 Å². The summed E-state index contributed by atoms with van der Waals surface area (Å²) in [6, 6.07) is 16.4. The van der Waals surface area contributed by atoms with E-state index in [0.29, 0.717) is 11.8 Å². The van der Waals surface area contributed by atoms with Crippen molar-refractivity contribution in [2.24, 2.45) is 17.6 Å². The topological polar surface area (TPSA) is 60.9 Å². The van der Waals surface area contributed by atoms with Crippen molar-refractivity contribution in [3.63, 3.8) is 0 Å². The molecule has 0 aliphatic heterocycles. The SMILES string of the molecule is Cc1ccc2nc(CCc3ccccc3)n(CC3CCCC(CN)C3)c(=O)c2c1. The molecule has 4 rings (SSSR count). The van der Waals surface area contributed by atoms with Gasteiger partial charge in [-0.15, -0.1) is 0 Å². The number of aromatic nitrogens is 2. The Bertz CT molecular complexity index is 1030. The van der Waals surface area contributed by atoms with Crippen LogP contribution in [0.15, 0.2) is 53.3 Å². The summed E-state index contributed by atoms with van der Waals surface area (Å²) < 4.78 is 1.97. The van der Waals surface area contributed by atoms with E-state index in [1.165, 1.54) is 24.8 Å². The van der Waals surface area contributed by atoms with Crippen LogP contribution in [0, 0.1) is 18.8 Å². The lowest BCUT2D eigenvalue weighted by atomic mass is 9.81. The van der Waals surface area contributed by atoms with Gasteiger partial charge in [0.05, 0.1) is 10.9 Å². The maximum atomic E-state index is 13.4. The molecule has 0 saturated heterocycles. The van der Waals surface area contributed by atoms with E-state index in [1.807, 2.05) is 35.8 Å². The van der Waals surface area contributed by atoms with Gasteiger partial charge in [-0.2, -0.15) is 0 Å². The van der Waals surface area contributed by atoms with Gasteiger partial charge in [0.2, 0.25) is 0 Å². The first kappa shape index (κ1) is 19.8. The molecule has 1 heterocycles. The van der Waals surface area contributed by atoms with Crippen LogP contribution in [-0.4, -0.2) is 16.1 Å². The standard InChI is InChI=1S/C25H31N3O/c1-18-10-12-23-22(14-18)25(29)28(17-21-9-5-8-20(15-21)16-26)24(27-23)13-11-19-6-3-2-4-7-19/h2-4,6-7,10,12,14,20-21H,5,8-9,11,13,15-17,26H2,1H3. The molecule has 0 spiro atoms. The van der Waals surface area contributed by atoms with E-state index in [2.05, 4.69) is 24.3 Å². The fraction of sp³-hybridized carbons (Fsp3) is 0.440. The van der Waals surface area contributed by atoms with Gasteiger partial charge in [-0.05, 0) is 68.7 Å². The molecular formula is C25H31N3O. The zero-order valence-electron chi connectivity index (χ0n) is 17.3. The van der Waals surface area contributed by atoms with Crippen LogP contribution < -0.4 is 11.3 Å². The van der Waals surface area contributed by atoms with Gasteiger partial charge in [0.25, 0.3) is 5.56 Å². The average molecular weight is 390 g/mol. The highest BCUT2D eigenvalue weighted by Crippen LogP contribution is 2.29. The minimum Gasteiger partial charge on any atom is -0.330 e. The van der Waals surface area contributed by atoms with Crippen molar-refractivity contribution in [2.75, 3.05) is 6.54 Å². The summed E-state index contributed by atoms with van der Waals surface area (Å²) in [6.07, 6.45) is 6.38. The smallest absolute Gasteiger partial charge is 0.261 e. The number of hydrogen-bond acceptors (Lipinski definition) is 3. The Morgan fingerprint density at radius 1 is 1.07 bits per heavy atom. The highest BCUT2D eigenvalue weighted by molar-refractivity contribution is 5.78. The predicted octanol–water partition coefficient (Wildman–Crippen LogP) is 4.26. The molecule has 29 heavy (non-hydrogen) atoms. The fourth-order valence-corrected chi connectivity index (χ4v) is 4.70. The van der Waals surface area contributed by atoms with Crippen LogP contribution in [0.2, 0.25) is 0 Å². The molecule has 2 N–H and O–H groups in total. The second kappa shape index (κ2) is 8.91. The van der Waals surface area contributed by atoms with Crippen molar-refractivity contribution < 1.29 is 0 Å². The molecule has 4 heteroatoms. The van der Waals surface area contributed by atoms with Gasteiger partial charge in [-0.3, -0.25) is 9.36 Å². The first-order valence-corrected chi connectivity index (χ1v) is 10.9. The number of fused-ring (bicyclic) bond motifs is 1. The fourth-order valence-electron chi connectivity index (χ4n) is 4.70. The lowest BCUT2D eigenvalue weighted by molar-refractivity contribution is 0.244. The van der Waals surface area contributed by atoms with Gasteiger partial charge in [0.15, 0.2) is 0 Å². The Labute approximate surface area is 172 Å². The van der Waals surface area contributed by atoms with E-state index in [9.17, 15) is 4.79 Å². The molecule has 0 radical (unpaired) electrons. The van der Waals surface area contributed by atoms with Gasteiger partial charge in [-0.25, -0.2) is 4.98 Å². The van der Waals surface area contributed by atoms with Crippen LogP contribution in [-0.2, 0) is 19.4 Å². The summed E-state index contributed by atoms with van der Waals surface area (Å²) in [5.74, 6) is 2.01. The molecule has 4 nitrogen and oxygen atoms in total. The lowest BCUT2D eigenvalue weighted by Gasteiger charge is -2.29. The van der Waals surface area contributed by atoms with Gasteiger partial charge >= 0.3 is 0 Å². The average Bonchev–Trinajstić information content (AvgIpc) is 2.76. The number of hydrogen-bond donors (Lipinski definition) is 1. The molecule has 2 aromatic carbocycles. The van der Waals surface area contributed by atoms with Crippen LogP contribution in [0.5, 0.6) is 0 Å². The van der Waals surface area contributed by atoms with Crippen LogP contribution in [0.1, 0.15) is 42.6 Å². The zero-order chi connectivity index (χ0) is 20.2. The monoisotopic (exact) mass is 389 g/mol. The molecule has 3 aromatic rings. The number of nitrogens with two attached hydrogens (primary N) is 1. The Morgan fingerprint density at radius 2 is 1.86 bits per heavy atom. The molecule has 0 amide bonds. The van der Waals surface area contributed by atoms with Gasteiger partial charge in [0.1, 0.15) is 5.82 Å². The predicted molar refractivity (Wildman–Crippen MR) is 119 cm³/mol. The van der Waals surface area contributed by atoms with Crippen molar-refractivity contribution in [1.82, 2.24) is 9.55 Å². The van der Waals surface area contributed by atoms with E-state index in [1.54, 1.807) is 0 Å². The molecule has 1 aliphatic rings. The number of benzene rings is 2. The Balaban J connectivity index is 1.68. The molecule has 2 unspecified atom stereocenters. The number of rotatable bonds is 6. The van der Waals surface area contributed by atoms with Crippen molar-refractivity contribution in [3.8, 4) is 0 Å². The third-order valence-corrected chi connectivity index (χ3v) is 6.33. The zero-order valence-corrected chi connectivity index (χ0v) is 17.3. The summed E-state index contributed by atoms with van der Waals surface area (Å²) in [6.45, 7) is 3.54.